The van der Waals surface area contributed by atoms with Gasteiger partial charge in [-0.05, 0) is 32.0 Å². The average molecular weight is 303 g/mol. The van der Waals surface area contributed by atoms with E-state index >= 15 is 0 Å². The fourth-order valence-electron chi connectivity index (χ4n) is 2.29. The molecule has 6 heteroatoms. The number of nitrogens with zero attached hydrogens (tertiary/aromatic N) is 2. The molecule has 1 aromatic rings. The molecular formula is C13H16Cl2N2O2. The number of likely N-dealkylation sites (tertiary alicyclic amines) is 1. The first-order chi connectivity index (χ1) is 9.10. The number of esters is 1. The Bertz CT molecular complexity index is 460. The molecule has 0 amide bonds. The van der Waals surface area contributed by atoms with Crippen molar-refractivity contribution in [3.63, 3.8) is 0 Å². The molecule has 0 spiro atoms. The van der Waals surface area contributed by atoms with Gasteiger partial charge in [-0.15, -0.1) is 0 Å². The van der Waals surface area contributed by atoms with Gasteiger partial charge in [-0.1, -0.05) is 29.3 Å². The smallest absolute Gasteiger partial charge is 0.308 e. The number of halogens is 2. The Balaban J connectivity index is 1.90. The summed E-state index contributed by atoms with van der Waals surface area (Å²) in [5.41, 5.74) is 0.961. The van der Waals surface area contributed by atoms with Gasteiger partial charge in [0.1, 0.15) is 10.3 Å². The summed E-state index contributed by atoms with van der Waals surface area (Å²) in [5.74, 6) is -0.0779. The topological polar surface area (TPSA) is 42.4 Å². The van der Waals surface area contributed by atoms with Gasteiger partial charge in [-0.3, -0.25) is 9.69 Å². The molecule has 1 saturated heterocycles. The van der Waals surface area contributed by atoms with Crippen molar-refractivity contribution < 1.29 is 9.53 Å². The molecule has 104 valence electrons. The third-order valence-corrected chi connectivity index (χ3v) is 3.95. The largest absolute Gasteiger partial charge is 0.469 e. The van der Waals surface area contributed by atoms with Gasteiger partial charge in [0.2, 0.25) is 0 Å². The molecule has 1 fully saturated rings. The highest BCUT2D eigenvalue weighted by Gasteiger charge is 2.25. The summed E-state index contributed by atoms with van der Waals surface area (Å²) in [7, 11) is 1.44. The standard InChI is InChI=1S/C13H16Cl2N2O2/c1-19-13(18)9-4-6-17(7-5-9)8-10-2-3-11(14)16-12(10)15/h2-3,9H,4-8H2,1H3. The molecule has 2 rings (SSSR count). The monoisotopic (exact) mass is 302 g/mol. The number of hydrogen-bond donors (Lipinski definition) is 0. The molecule has 0 aliphatic carbocycles. The van der Waals surface area contributed by atoms with E-state index < -0.39 is 0 Å². The van der Waals surface area contributed by atoms with Crippen LogP contribution in [0.3, 0.4) is 0 Å². The van der Waals surface area contributed by atoms with Crippen LogP contribution in [0.25, 0.3) is 0 Å². The first kappa shape index (κ1) is 14.6. The van der Waals surface area contributed by atoms with E-state index in [1.165, 1.54) is 7.11 Å². The zero-order chi connectivity index (χ0) is 13.8. The molecule has 1 aliphatic heterocycles. The number of methoxy groups -OCH3 is 1. The number of piperidine rings is 1. The van der Waals surface area contributed by atoms with Gasteiger partial charge < -0.3 is 4.74 Å². The molecule has 0 unspecified atom stereocenters. The lowest BCUT2D eigenvalue weighted by molar-refractivity contribution is -0.147. The zero-order valence-electron chi connectivity index (χ0n) is 10.7. The average Bonchev–Trinajstić information content (AvgIpc) is 2.42. The van der Waals surface area contributed by atoms with Crippen molar-refractivity contribution in [3.05, 3.63) is 28.0 Å². The van der Waals surface area contributed by atoms with Crippen molar-refractivity contribution in [3.8, 4) is 0 Å². The number of hydrogen-bond acceptors (Lipinski definition) is 4. The van der Waals surface area contributed by atoms with Crippen molar-refractivity contribution in [2.45, 2.75) is 19.4 Å². The van der Waals surface area contributed by atoms with Crippen LogP contribution in [-0.2, 0) is 16.1 Å². The van der Waals surface area contributed by atoms with Gasteiger partial charge in [-0.2, -0.15) is 0 Å². The highest BCUT2D eigenvalue weighted by Crippen LogP contribution is 2.23. The van der Waals surface area contributed by atoms with E-state index in [0.29, 0.717) is 10.3 Å². The molecule has 0 bridgehead atoms. The lowest BCUT2D eigenvalue weighted by Crippen LogP contribution is -2.36. The Kier molecular flexibility index (Phi) is 5.02. The Labute approximate surface area is 122 Å². The van der Waals surface area contributed by atoms with Gasteiger partial charge in [0.05, 0.1) is 13.0 Å². The summed E-state index contributed by atoms with van der Waals surface area (Å²) < 4.78 is 4.77. The summed E-state index contributed by atoms with van der Waals surface area (Å²) in [6, 6.07) is 3.63. The van der Waals surface area contributed by atoms with Gasteiger partial charge in [0, 0.05) is 12.1 Å². The van der Waals surface area contributed by atoms with Crippen LogP contribution in [0.2, 0.25) is 10.3 Å². The number of aromatic nitrogens is 1. The molecule has 0 radical (unpaired) electrons. The van der Waals surface area contributed by atoms with Crippen LogP contribution < -0.4 is 0 Å². The molecule has 1 aromatic heterocycles. The number of ether oxygens (including phenoxy) is 1. The number of rotatable bonds is 3. The summed E-state index contributed by atoms with van der Waals surface area (Å²) in [6.45, 7) is 2.45. The fourth-order valence-corrected chi connectivity index (χ4v) is 2.70. The molecule has 0 aromatic carbocycles. The molecule has 19 heavy (non-hydrogen) atoms. The second-order valence-corrected chi connectivity index (χ2v) is 5.40. The minimum atomic E-state index is -0.106. The zero-order valence-corrected chi connectivity index (χ0v) is 12.2. The van der Waals surface area contributed by atoms with Gasteiger partial charge in [-0.25, -0.2) is 4.98 Å². The van der Waals surface area contributed by atoms with E-state index in [2.05, 4.69) is 9.88 Å². The van der Waals surface area contributed by atoms with Crippen LogP contribution in [0.15, 0.2) is 12.1 Å². The molecule has 0 N–H and O–H groups in total. The van der Waals surface area contributed by atoms with Crippen LogP contribution in [0.4, 0.5) is 0 Å². The predicted octanol–water partition coefficient (Wildman–Crippen LogP) is 2.77. The van der Waals surface area contributed by atoms with Crippen LogP contribution >= 0.6 is 23.2 Å². The second kappa shape index (κ2) is 6.55. The van der Waals surface area contributed by atoms with E-state index in [4.69, 9.17) is 27.9 Å². The molecule has 0 atom stereocenters. The predicted molar refractivity (Wildman–Crippen MR) is 74.3 cm³/mol. The van der Waals surface area contributed by atoms with Crippen molar-refractivity contribution >= 4 is 29.2 Å². The summed E-state index contributed by atoms with van der Waals surface area (Å²) in [5, 5.41) is 0.848. The van der Waals surface area contributed by atoms with Crippen LogP contribution in [0, 0.1) is 5.92 Å². The van der Waals surface area contributed by atoms with Crippen LogP contribution in [0.1, 0.15) is 18.4 Å². The normalized spacial score (nSPS) is 17.4. The fraction of sp³-hybridized carbons (Fsp3) is 0.538. The summed E-state index contributed by atoms with van der Waals surface area (Å²) >= 11 is 11.8. The second-order valence-electron chi connectivity index (χ2n) is 4.66. The van der Waals surface area contributed by atoms with Crippen molar-refractivity contribution in [2.24, 2.45) is 5.92 Å². The third kappa shape index (κ3) is 3.81. The lowest BCUT2D eigenvalue weighted by Gasteiger charge is -2.30. The van der Waals surface area contributed by atoms with E-state index in [-0.39, 0.29) is 11.9 Å². The Morgan fingerprint density at radius 2 is 2.11 bits per heavy atom. The van der Waals surface area contributed by atoms with E-state index in [9.17, 15) is 4.79 Å². The number of pyridine rings is 1. The SMILES string of the molecule is COC(=O)C1CCN(Cc2ccc(Cl)nc2Cl)CC1. The van der Waals surface area contributed by atoms with E-state index in [1.807, 2.05) is 6.07 Å². The number of carbonyl (C=O) groups excluding carboxylic acids is 1. The van der Waals surface area contributed by atoms with Crippen molar-refractivity contribution in [2.75, 3.05) is 20.2 Å². The van der Waals surface area contributed by atoms with Crippen LogP contribution in [0.5, 0.6) is 0 Å². The highest BCUT2D eigenvalue weighted by atomic mass is 35.5. The number of carbonyl (C=O) groups is 1. The van der Waals surface area contributed by atoms with Gasteiger partial charge in [0.15, 0.2) is 0 Å². The third-order valence-electron chi connectivity index (χ3n) is 3.41. The van der Waals surface area contributed by atoms with E-state index in [1.54, 1.807) is 6.07 Å². The highest BCUT2D eigenvalue weighted by molar-refractivity contribution is 6.32. The molecule has 0 saturated carbocycles. The quantitative estimate of drug-likeness (QED) is 0.636. The molecule has 4 nitrogen and oxygen atoms in total. The Morgan fingerprint density at radius 3 is 2.68 bits per heavy atom. The van der Waals surface area contributed by atoms with Crippen LogP contribution in [-0.4, -0.2) is 36.1 Å². The van der Waals surface area contributed by atoms with Gasteiger partial charge in [0.25, 0.3) is 0 Å². The van der Waals surface area contributed by atoms with Crippen molar-refractivity contribution in [1.82, 2.24) is 9.88 Å². The first-order valence-electron chi connectivity index (χ1n) is 6.21. The molecule has 2 heterocycles. The van der Waals surface area contributed by atoms with E-state index in [0.717, 1.165) is 38.0 Å². The van der Waals surface area contributed by atoms with Gasteiger partial charge >= 0.3 is 5.97 Å². The maximum atomic E-state index is 11.4. The Hall–Kier alpha value is -0.840. The molecule has 1 aliphatic rings. The lowest BCUT2D eigenvalue weighted by atomic mass is 9.97. The van der Waals surface area contributed by atoms with Crippen molar-refractivity contribution in [1.29, 1.82) is 0 Å². The minimum absolute atomic E-state index is 0.0278. The minimum Gasteiger partial charge on any atom is -0.469 e. The maximum Gasteiger partial charge on any atom is 0.308 e. The Morgan fingerprint density at radius 1 is 1.42 bits per heavy atom. The first-order valence-corrected chi connectivity index (χ1v) is 6.97. The summed E-state index contributed by atoms with van der Waals surface area (Å²) in [4.78, 5) is 17.7. The molecular weight excluding hydrogens is 287 g/mol. The maximum absolute atomic E-state index is 11.4. The summed E-state index contributed by atoms with van der Waals surface area (Å²) in [6.07, 6.45) is 1.65.